The largest absolute Gasteiger partial charge is 0.344 e. The fraction of sp³-hybridized carbons (Fsp3) is 0.333. The Morgan fingerprint density at radius 1 is 1.16 bits per heavy atom. The van der Waals surface area contributed by atoms with E-state index in [1.807, 2.05) is 6.07 Å². The Labute approximate surface area is 143 Å². The molecular formula is C18H18N4O3. The summed E-state index contributed by atoms with van der Waals surface area (Å²) in [7, 11) is 3.09. The van der Waals surface area contributed by atoms with Crippen LogP contribution < -0.4 is 16.6 Å². The summed E-state index contributed by atoms with van der Waals surface area (Å²) in [6.07, 6.45) is 5.29. The molecule has 2 aromatic heterocycles. The van der Waals surface area contributed by atoms with Crippen molar-refractivity contribution in [3.8, 4) is 0 Å². The molecule has 2 aromatic rings. The van der Waals surface area contributed by atoms with Gasteiger partial charge in [-0.2, -0.15) is 0 Å². The van der Waals surface area contributed by atoms with Gasteiger partial charge in [0.05, 0.1) is 5.56 Å². The molecule has 0 fully saturated rings. The Hall–Kier alpha value is -2.96. The third-order valence-electron chi connectivity index (χ3n) is 5.02. The van der Waals surface area contributed by atoms with Gasteiger partial charge in [0.25, 0.3) is 5.56 Å². The maximum Gasteiger partial charge on any atom is 0.332 e. The maximum atomic E-state index is 12.9. The Morgan fingerprint density at radius 3 is 2.68 bits per heavy atom. The van der Waals surface area contributed by atoms with E-state index in [2.05, 4.69) is 10.3 Å². The van der Waals surface area contributed by atoms with Gasteiger partial charge in [-0.25, -0.2) is 4.79 Å². The van der Waals surface area contributed by atoms with Gasteiger partial charge in [-0.1, -0.05) is 6.07 Å². The van der Waals surface area contributed by atoms with E-state index in [9.17, 15) is 14.4 Å². The van der Waals surface area contributed by atoms with Gasteiger partial charge >= 0.3 is 5.69 Å². The van der Waals surface area contributed by atoms with Gasteiger partial charge in [0.1, 0.15) is 5.82 Å². The number of allylic oxidation sites excluding steroid dienone is 2. The molecule has 7 heteroatoms. The maximum absolute atomic E-state index is 12.9. The number of carbonyl (C=O) groups excluding carboxylic acids is 1. The normalized spacial score (nSPS) is 19.3. The molecule has 7 nitrogen and oxygen atoms in total. The van der Waals surface area contributed by atoms with Crippen LogP contribution in [0.5, 0.6) is 0 Å². The highest BCUT2D eigenvalue weighted by Gasteiger charge is 2.38. The van der Waals surface area contributed by atoms with Crippen LogP contribution in [0.4, 0.5) is 5.82 Å². The summed E-state index contributed by atoms with van der Waals surface area (Å²) in [5, 5.41) is 3.19. The van der Waals surface area contributed by atoms with E-state index in [1.54, 1.807) is 25.5 Å². The minimum atomic E-state index is -0.502. The summed E-state index contributed by atoms with van der Waals surface area (Å²) >= 11 is 0. The molecule has 1 aliphatic heterocycles. The Morgan fingerprint density at radius 2 is 1.96 bits per heavy atom. The third-order valence-corrected chi connectivity index (χ3v) is 5.02. The van der Waals surface area contributed by atoms with Gasteiger partial charge in [-0.15, -0.1) is 0 Å². The number of fused-ring (bicyclic) bond motifs is 1. The van der Waals surface area contributed by atoms with Crippen LogP contribution in [-0.2, 0) is 18.9 Å². The van der Waals surface area contributed by atoms with Crippen LogP contribution in [0.3, 0.4) is 0 Å². The highest BCUT2D eigenvalue weighted by Crippen LogP contribution is 2.42. The van der Waals surface area contributed by atoms with Gasteiger partial charge in [0.15, 0.2) is 5.78 Å². The third kappa shape index (κ3) is 2.19. The Kier molecular flexibility index (Phi) is 3.45. The molecule has 0 aromatic carbocycles. The highest BCUT2D eigenvalue weighted by molar-refractivity contribution is 6.00. The smallest absolute Gasteiger partial charge is 0.332 e. The quantitative estimate of drug-likeness (QED) is 0.840. The summed E-state index contributed by atoms with van der Waals surface area (Å²) in [4.78, 5) is 42.1. The van der Waals surface area contributed by atoms with Crippen molar-refractivity contribution >= 4 is 11.6 Å². The zero-order chi connectivity index (χ0) is 17.7. The first-order valence-electron chi connectivity index (χ1n) is 8.23. The van der Waals surface area contributed by atoms with E-state index in [0.29, 0.717) is 23.4 Å². The molecule has 25 heavy (non-hydrogen) atoms. The zero-order valence-corrected chi connectivity index (χ0v) is 14.1. The van der Waals surface area contributed by atoms with Crippen molar-refractivity contribution in [3.63, 3.8) is 0 Å². The number of pyridine rings is 1. The first-order valence-corrected chi connectivity index (χ1v) is 8.23. The molecule has 4 rings (SSSR count). The van der Waals surface area contributed by atoms with Crippen LogP contribution in [0, 0.1) is 0 Å². The second-order valence-electron chi connectivity index (χ2n) is 6.48. The number of nitrogens with zero attached hydrogens (tertiary/aromatic N) is 3. The van der Waals surface area contributed by atoms with Crippen molar-refractivity contribution in [2.24, 2.45) is 14.1 Å². The van der Waals surface area contributed by atoms with Crippen molar-refractivity contribution in [3.05, 3.63) is 67.8 Å². The molecule has 1 aliphatic carbocycles. The topological polar surface area (TPSA) is 86.0 Å². The number of aromatic nitrogens is 3. The van der Waals surface area contributed by atoms with Crippen molar-refractivity contribution in [1.82, 2.24) is 14.1 Å². The zero-order valence-electron chi connectivity index (χ0n) is 14.1. The van der Waals surface area contributed by atoms with Crippen molar-refractivity contribution in [2.45, 2.75) is 25.2 Å². The van der Waals surface area contributed by atoms with Gasteiger partial charge in [-0.05, 0) is 24.5 Å². The second kappa shape index (κ2) is 5.54. The van der Waals surface area contributed by atoms with Crippen LogP contribution in [0.15, 0.2) is 45.4 Å². The molecule has 0 spiro atoms. The number of hydrogen-bond donors (Lipinski definition) is 1. The molecule has 0 radical (unpaired) electrons. The number of rotatable bonds is 1. The van der Waals surface area contributed by atoms with Gasteiger partial charge < -0.3 is 5.32 Å². The molecular weight excluding hydrogens is 320 g/mol. The predicted molar refractivity (Wildman–Crippen MR) is 92.5 cm³/mol. The molecule has 0 bridgehead atoms. The minimum Gasteiger partial charge on any atom is -0.344 e. The average Bonchev–Trinajstić information content (AvgIpc) is 2.64. The lowest BCUT2D eigenvalue weighted by molar-refractivity contribution is -0.116. The number of anilines is 1. The monoisotopic (exact) mass is 338 g/mol. The van der Waals surface area contributed by atoms with Crippen molar-refractivity contribution in [1.29, 1.82) is 0 Å². The SMILES string of the molecule is Cn1c2c(c(=O)n(C)c1=O)[C@H](c1cccnc1)C1=C(CCCC1=O)N2. The molecule has 0 saturated carbocycles. The summed E-state index contributed by atoms with van der Waals surface area (Å²) < 4.78 is 2.52. The summed E-state index contributed by atoms with van der Waals surface area (Å²) in [6.45, 7) is 0. The van der Waals surface area contributed by atoms with Crippen LogP contribution >= 0.6 is 0 Å². The summed E-state index contributed by atoms with van der Waals surface area (Å²) in [5.74, 6) is 0.0119. The number of nitrogens with one attached hydrogen (secondary N) is 1. The van der Waals surface area contributed by atoms with Gasteiger partial charge in [0.2, 0.25) is 0 Å². The molecule has 1 N–H and O–H groups in total. The lowest BCUT2D eigenvalue weighted by atomic mass is 9.77. The number of hydrogen-bond acceptors (Lipinski definition) is 5. The number of Topliss-reactive ketones (excluding diaryl/α,β-unsaturated/α-hetero) is 1. The van der Waals surface area contributed by atoms with Crippen molar-refractivity contribution in [2.75, 3.05) is 5.32 Å². The van der Waals surface area contributed by atoms with Crippen LogP contribution in [0.2, 0.25) is 0 Å². The standard InChI is InChI=1S/C18H18N4O3/c1-21-16-15(17(24)22(2)18(21)25)13(10-5-4-8-19-9-10)14-11(20-16)6-3-7-12(14)23/h4-5,8-9,13,20H,3,6-7H2,1-2H3/t13-/m1/s1. The predicted octanol–water partition coefficient (Wildman–Crippen LogP) is 1.04. The highest BCUT2D eigenvalue weighted by atomic mass is 16.2. The number of ketones is 1. The van der Waals surface area contributed by atoms with E-state index in [1.165, 1.54) is 11.6 Å². The first kappa shape index (κ1) is 15.6. The van der Waals surface area contributed by atoms with Crippen LogP contribution in [0.1, 0.15) is 36.3 Å². The van der Waals surface area contributed by atoms with Crippen LogP contribution in [-0.4, -0.2) is 19.9 Å². The molecule has 128 valence electrons. The van der Waals surface area contributed by atoms with E-state index >= 15 is 0 Å². The molecule has 0 saturated heterocycles. The summed E-state index contributed by atoms with van der Waals surface area (Å²) in [6, 6.07) is 3.65. The fourth-order valence-electron chi connectivity index (χ4n) is 3.78. The fourth-order valence-corrected chi connectivity index (χ4v) is 3.78. The van der Waals surface area contributed by atoms with E-state index in [-0.39, 0.29) is 11.3 Å². The molecule has 3 heterocycles. The lowest BCUT2D eigenvalue weighted by Gasteiger charge is -2.34. The average molecular weight is 338 g/mol. The lowest BCUT2D eigenvalue weighted by Crippen LogP contribution is -2.44. The van der Waals surface area contributed by atoms with Gasteiger partial charge in [0, 0.05) is 50.1 Å². The van der Waals surface area contributed by atoms with Gasteiger partial charge in [-0.3, -0.25) is 23.7 Å². The van der Waals surface area contributed by atoms with E-state index in [0.717, 1.165) is 28.7 Å². The molecule has 0 unspecified atom stereocenters. The molecule has 0 amide bonds. The molecule has 2 aliphatic rings. The number of carbonyl (C=O) groups is 1. The van der Waals surface area contributed by atoms with E-state index < -0.39 is 11.6 Å². The first-order chi connectivity index (χ1) is 12.0. The van der Waals surface area contributed by atoms with Crippen LogP contribution in [0.25, 0.3) is 0 Å². The van der Waals surface area contributed by atoms with E-state index in [4.69, 9.17) is 0 Å². The second-order valence-corrected chi connectivity index (χ2v) is 6.48. The minimum absolute atomic E-state index is 0.0455. The van der Waals surface area contributed by atoms with Crippen molar-refractivity contribution < 1.29 is 4.79 Å². The molecule has 1 atom stereocenters. The Balaban J connectivity index is 2.10. The Bertz CT molecular complexity index is 1030. The summed E-state index contributed by atoms with van der Waals surface area (Å²) in [5.41, 5.74) is 1.86.